The fraction of sp³-hybridized carbons (Fsp3) is 0.786. The number of ether oxygens (including phenoxy) is 1. The second-order valence-corrected chi connectivity index (χ2v) is 7.12. The van der Waals surface area contributed by atoms with E-state index in [-0.39, 0.29) is 12.0 Å². The van der Waals surface area contributed by atoms with Crippen LogP contribution in [0.1, 0.15) is 10.7 Å². The van der Waals surface area contributed by atoms with E-state index in [1.54, 1.807) is 11.3 Å². The van der Waals surface area contributed by atoms with Crippen LogP contribution in [0.2, 0.25) is 0 Å². The summed E-state index contributed by atoms with van der Waals surface area (Å²) in [4.78, 5) is 9.46. The smallest absolute Gasteiger partial charge is 0.0897 e. The number of aliphatic hydroxyl groups excluding tert-OH is 1. The van der Waals surface area contributed by atoms with Crippen LogP contribution in [0.5, 0.6) is 0 Å². The molecule has 6 heteroatoms. The second-order valence-electron chi connectivity index (χ2n) is 6.06. The van der Waals surface area contributed by atoms with Crippen LogP contribution in [0, 0.1) is 12.3 Å². The lowest BCUT2D eigenvalue weighted by atomic mass is 9.86. The molecule has 112 valence electrons. The van der Waals surface area contributed by atoms with Crippen LogP contribution in [0.4, 0.5) is 0 Å². The van der Waals surface area contributed by atoms with E-state index < -0.39 is 0 Å². The van der Waals surface area contributed by atoms with Gasteiger partial charge >= 0.3 is 0 Å². The summed E-state index contributed by atoms with van der Waals surface area (Å²) >= 11 is 1.73. The number of aromatic nitrogens is 1. The van der Waals surface area contributed by atoms with E-state index in [0.29, 0.717) is 13.2 Å². The van der Waals surface area contributed by atoms with Crippen LogP contribution >= 0.6 is 11.3 Å². The highest BCUT2D eigenvalue weighted by atomic mass is 32.1. The molecule has 3 rings (SSSR count). The summed E-state index contributed by atoms with van der Waals surface area (Å²) in [5, 5.41) is 12.8. The van der Waals surface area contributed by atoms with Gasteiger partial charge in [-0.05, 0) is 6.92 Å². The molecule has 0 saturated carbocycles. The fourth-order valence-electron chi connectivity index (χ4n) is 2.91. The highest BCUT2D eigenvalue weighted by molar-refractivity contribution is 7.09. The molecule has 3 heterocycles. The topological polar surface area (TPSA) is 48.8 Å². The SMILES string of the molecule is Cc1nc(CN2CCN(CC3(CO)COC3)CC2)cs1. The molecule has 0 radical (unpaired) electrons. The molecule has 0 amide bonds. The summed E-state index contributed by atoms with van der Waals surface area (Å²) in [7, 11) is 0. The monoisotopic (exact) mass is 297 g/mol. The minimum Gasteiger partial charge on any atom is -0.396 e. The number of rotatable bonds is 5. The minimum atomic E-state index is 0.00813. The van der Waals surface area contributed by atoms with Crippen LogP contribution in [0.3, 0.4) is 0 Å². The molecule has 2 aliphatic rings. The van der Waals surface area contributed by atoms with Gasteiger partial charge in [-0.3, -0.25) is 9.80 Å². The average molecular weight is 297 g/mol. The highest BCUT2D eigenvalue weighted by Gasteiger charge is 2.40. The van der Waals surface area contributed by atoms with Gasteiger partial charge in [-0.25, -0.2) is 4.98 Å². The first-order valence-electron chi connectivity index (χ1n) is 7.23. The van der Waals surface area contributed by atoms with Gasteiger partial charge < -0.3 is 9.84 Å². The number of piperazine rings is 1. The van der Waals surface area contributed by atoms with E-state index in [1.165, 1.54) is 5.69 Å². The lowest BCUT2D eigenvalue weighted by molar-refractivity contribution is -0.150. The summed E-state index contributed by atoms with van der Waals surface area (Å²) in [6.45, 7) is 9.96. The fourth-order valence-corrected chi connectivity index (χ4v) is 3.52. The molecule has 0 unspecified atom stereocenters. The molecule has 0 aliphatic carbocycles. The molecule has 20 heavy (non-hydrogen) atoms. The van der Waals surface area contributed by atoms with Crippen molar-refractivity contribution < 1.29 is 9.84 Å². The van der Waals surface area contributed by atoms with Crippen molar-refractivity contribution in [1.82, 2.24) is 14.8 Å². The molecule has 2 saturated heterocycles. The van der Waals surface area contributed by atoms with E-state index in [0.717, 1.165) is 44.3 Å². The molecular weight excluding hydrogens is 274 g/mol. The van der Waals surface area contributed by atoms with Crippen molar-refractivity contribution in [1.29, 1.82) is 0 Å². The molecule has 0 spiro atoms. The Hall–Kier alpha value is -0.530. The van der Waals surface area contributed by atoms with Gasteiger partial charge in [0.05, 0.1) is 35.9 Å². The Morgan fingerprint density at radius 3 is 2.50 bits per heavy atom. The lowest BCUT2D eigenvalue weighted by Gasteiger charge is -2.45. The Morgan fingerprint density at radius 2 is 2.00 bits per heavy atom. The number of thiazole rings is 1. The van der Waals surface area contributed by atoms with E-state index in [1.807, 2.05) is 0 Å². The molecule has 5 nitrogen and oxygen atoms in total. The molecule has 2 fully saturated rings. The van der Waals surface area contributed by atoms with Gasteiger partial charge in [-0.2, -0.15) is 0 Å². The minimum absolute atomic E-state index is 0.00813. The third-order valence-corrected chi connectivity index (χ3v) is 5.05. The summed E-state index contributed by atoms with van der Waals surface area (Å²) in [6.07, 6.45) is 0. The summed E-state index contributed by atoms with van der Waals surface area (Å²) in [6, 6.07) is 0. The summed E-state index contributed by atoms with van der Waals surface area (Å²) < 4.78 is 5.27. The van der Waals surface area contributed by atoms with Gasteiger partial charge in [0.25, 0.3) is 0 Å². The maximum atomic E-state index is 9.49. The quantitative estimate of drug-likeness (QED) is 0.861. The third-order valence-electron chi connectivity index (χ3n) is 4.23. The van der Waals surface area contributed by atoms with Crippen molar-refractivity contribution in [3.8, 4) is 0 Å². The molecule has 0 bridgehead atoms. The van der Waals surface area contributed by atoms with Gasteiger partial charge in [0, 0.05) is 44.6 Å². The lowest BCUT2D eigenvalue weighted by Crippen LogP contribution is -2.56. The molecule has 1 aromatic heterocycles. The Bertz CT molecular complexity index is 434. The van der Waals surface area contributed by atoms with E-state index >= 15 is 0 Å². The van der Waals surface area contributed by atoms with Crippen LogP contribution < -0.4 is 0 Å². The number of hydrogen-bond donors (Lipinski definition) is 1. The van der Waals surface area contributed by atoms with E-state index in [2.05, 4.69) is 27.1 Å². The largest absolute Gasteiger partial charge is 0.396 e. The Morgan fingerprint density at radius 1 is 1.30 bits per heavy atom. The number of hydrogen-bond acceptors (Lipinski definition) is 6. The Labute approximate surface area is 124 Å². The predicted molar refractivity (Wildman–Crippen MR) is 78.9 cm³/mol. The van der Waals surface area contributed by atoms with Crippen molar-refractivity contribution in [2.75, 3.05) is 52.5 Å². The highest BCUT2D eigenvalue weighted by Crippen LogP contribution is 2.28. The van der Waals surface area contributed by atoms with Gasteiger partial charge in [0.15, 0.2) is 0 Å². The van der Waals surface area contributed by atoms with Gasteiger partial charge in [0.1, 0.15) is 0 Å². The van der Waals surface area contributed by atoms with Gasteiger partial charge in [0.2, 0.25) is 0 Å². The first-order valence-corrected chi connectivity index (χ1v) is 8.11. The average Bonchev–Trinajstić information content (AvgIpc) is 2.81. The van der Waals surface area contributed by atoms with Crippen LogP contribution in [0.25, 0.3) is 0 Å². The number of aryl methyl sites for hydroxylation is 1. The number of aliphatic hydroxyl groups is 1. The third kappa shape index (κ3) is 3.20. The first-order chi connectivity index (χ1) is 9.69. The number of nitrogens with zero attached hydrogens (tertiary/aromatic N) is 3. The van der Waals surface area contributed by atoms with Crippen molar-refractivity contribution in [3.63, 3.8) is 0 Å². The predicted octanol–water partition coefficient (Wildman–Crippen LogP) is 0.578. The normalized spacial score (nSPS) is 23.7. The van der Waals surface area contributed by atoms with E-state index in [9.17, 15) is 5.11 Å². The molecule has 1 aromatic rings. The zero-order chi connectivity index (χ0) is 14.0. The van der Waals surface area contributed by atoms with Crippen molar-refractivity contribution in [3.05, 3.63) is 16.1 Å². The van der Waals surface area contributed by atoms with E-state index in [4.69, 9.17) is 4.74 Å². The molecular formula is C14H23N3O2S. The molecule has 1 N–H and O–H groups in total. The Balaban J connectivity index is 1.45. The molecule has 0 atom stereocenters. The maximum absolute atomic E-state index is 9.49. The zero-order valence-electron chi connectivity index (χ0n) is 12.0. The summed E-state index contributed by atoms with van der Waals surface area (Å²) in [5.41, 5.74) is 1.20. The van der Waals surface area contributed by atoms with Gasteiger partial charge in [-0.1, -0.05) is 0 Å². The van der Waals surface area contributed by atoms with Crippen molar-refractivity contribution >= 4 is 11.3 Å². The van der Waals surface area contributed by atoms with Crippen molar-refractivity contribution in [2.45, 2.75) is 13.5 Å². The summed E-state index contributed by atoms with van der Waals surface area (Å²) in [5.74, 6) is 0. The Kier molecular flexibility index (Phi) is 4.37. The standard InChI is InChI=1S/C14H23N3O2S/c1-12-15-13(7-20-12)6-16-2-4-17(5-3-16)8-14(9-18)10-19-11-14/h7,18H,2-6,8-11H2,1H3. The van der Waals surface area contributed by atoms with Crippen molar-refractivity contribution in [2.24, 2.45) is 5.41 Å². The second kappa shape index (κ2) is 6.07. The van der Waals surface area contributed by atoms with Crippen LogP contribution in [0.15, 0.2) is 5.38 Å². The van der Waals surface area contributed by atoms with Crippen LogP contribution in [-0.4, -0.2) is 72.4 Å². The van der Waals surface area contributed by atoms with Crippen LogP contribution in [-0.2, 0) is 11.3 Å². The maximum Gasteiger partial charge on any atom is 0.0897 e. The zero-order valence-corrected chi connectivity index (χ0v) is 12.9. The first kappa shape index (κ1) is 14.4. The molecule has 0 aromatic carbocycles. The van der Waals surface area contributed by atoms with Gasteiger partial charge in [-0.15, -0.1) is 11.3 Å². The molecule has 2 aliphatic heterocycles.